The third kappa shape index (κ3) is 3.47. The molecule has 80 valence electrons. The average Bonchev–Trinajstić information content (AvgIpc) is 2.46. The zero-order valence-corrected chi connectivity index (χ0v) is 9.27. The van der Waals surface area contributed by atoms with Crippen molar-refractivity contribution in [1.29, 1.82) is 0 Å². The molecule has 14 heavy (non-hydrogen) atoms. The van der Waals surface area contributed by atoms with E-state index in [1.54, 1.807) is 0 Å². The van der Waals surface area contributed by atoms with E-state index < -0.39 is 0 Å². The van der Waals surface area contributed by atoms with Gasteiger partial charge in [-0.1, -0.05) is 0 Å². The molecule has 0 bridgehead atoms. The zero-order valence-electron chi connectivity index (χ0n) is 9.27. The third-order valence-corrected chi connectivity index (χ3v) is 2.26. The molecule has 0 aliphatic heterocycles. The summed E-state index contributed by atoms with van der Waals surface area (Å²) in [6.45, 7) is 0.935. The predicted octanol–water partition coefficient (Wildman–Crippen LogP) is 0.242. The fourth-order valence-corrected chi connectivity index (χ4v) is 1.51. The van der Waals surface area contributed by atoms with Crippen LogP contribution < -0.4 is 5.73 Å². The Morgan fingerprint density at radius 3 is 2.79 bits per heavy atom. The van der Waals surface area contributed by atoms with Gasteiger partial charge in [0, 0.05) is 38.4 Å². The molecule has 1 heterocycles. The molecule has 0 saturated carbocycles. The normalized spacial score (nSPS) is 13.5. The van der Waals surface area contributed by atoms with Gasteiger partial charge in [-0.15, -0.1) is 0 Å². The molecule has 2 N–H and O–H groups in total. The third-order valence-electron chi connectivity index (χ3n) is 2.26. The van der Waals surface area contributed by atoms with Crippen LogP contribution >= 0.6 is 0 Å². The van der Waals surface area contributed by atoms with Crippen molar-refractivity contribution < 1.29 is 0 Å². The molecule has 0 amide bonds. The molecule has 1 aromatic rings. The summed E-state index contributed by atoms with van der Waals surface area (Å²) >= 11 is 0. The molecule has 0 saturated heterocycles. The smallest absolute Gasteiger partial charge is 0.108 e. The van der Waals surface area contributed by atoms with Crippen molar-refractivity contribution in [2.75, 3.05) is 20.6 Å². The molecule has 4 nitrogen and oxygen atoms in total. The van der Waals surface area contributed by atoms with Gasteiger partial charge >= 0.3 is 0 Å². The van der Waals surface area contributed by atoms with Gasteiger partial charge in [-0.05, 0) is 20.5 Å². The SMILES string of the molecule is CN(C)CC(N)CCc1nccn1C. The summed E-state index contributed by atoms with van der Waals surface area (Å²) in [5.41, 5.74) is 5.96. The first-order chi connectivity index (χ1) is 6.59. The number of aryl methyl sites for hydroxylation is 2. The minimum absolute atomic E-state index is 0.238. The van der Waals surface area contributed by atoms with Crippen LogP contribution in [0.25, 0.3) is 0 Å². The standard InChI is InChI=1S/C10H20N4/c1-13(2)8-9(11)4-5-10-12-6-7-14(10)3/h6-7,9H,4-5,8,11H2,1-3H3. The number of rotatable bonds is 5. The number of imidazole rings is 1. The van der Waals surface area contributed by atoms with E-state index in [1.165, 1.54) is 0 Å². The summed E-state index contributed by atoms with van der Waals surface area (Å²) in [5, 5.41) is 0. The van der Waals surface area contributed by atoms with Crippen molar-refractivity contribution in [3.8, 4) is 0 Å². The van der Waals surface area contributed by atoms with Gasteiger partial charge < -0.3 is 15.2 Å². The summed E-state index contributed by atoms with van der Waals surface area (Å²) in [4.78, 5) is 6.37. The molecule has 1 aromatic heterocycles. The topological polar surface area (TPSA) is 47.1 Å². The van der Waals surface area contributed by atoms with Crippen LogP contribution in [0.15, 0.2) is 12.4 Å². The van der Waals surface area contributed by atoms with E-state index in [9.17, 15) is 0 Å². The van der Waals surface area contributed by atoms with E-state index in [-0.39, 0.29) is 6.04 Å². The van der Waals surface area contributed by atoms with Crippen molar-refractivity contribution >= 4 is 0 Å². The Morgan fingerprint density at radius 1 is 1.57 bits per heavy atom. The minimum atomic E-state index is 0.238. The second kappa shape index (κ2) is 5.12. The highest BCUT2D eigenvalue weighted by Gasteiger charge is 2.06. The first kappa shape index (κ1) is 11.2. The lowest BCUT2D eigenvalue weighted by Crippen LogP contribution is -2.33. The number of hydrogen-bond acceptors (Lipinski definition) is 3. The number of nitrogens with zero attached hydrogens (tertiary/aromatic N) is 3. The lowest BCUT2D eigenvalue weighted by Gasteiger charge is -2.16. The largest absolute Gasteiger partial charge is 0.338 e. The van der Waals surface area contributed by atoms with Gasteiger partial charge in [0.2, 0.25) is 0 Å². The Bertz CT molecular complexity index is 267. The van der Waals surface area contributed by atoms with Crippen molar-refractivity contribution in [3.63, 3.8) is 0 Å². The Kier molecular flexibility index (Phi) is 4.10. The molecule has 1 unspecified atom stereocenters. The van der Waals surface area contributed by atoms with E-state index in [0.717, 1.165) is 25.2 Å². The van der Waals surface area contributed by atoms with E-state index in [4.69, 9.17) is 5.73 Å². The van der Waals surface area contributed by atoms with Crippen LogP contribution in [0.3, 0.4) is 0 Å². The maximum atomic E-state index is 5.96. The molecule has 0 spiro atoms. The van der Waals surface area contributed by atoms with Crippen LogP contribution in [0, 0.1) is 0 Å². The zero-order chi connectivity index (χ0) is 10.6. The van der Waals surface area contributed by atoms with Crippen molar-refractivity contribution in [3.05, 3.63) is 18.2 Å². The van der Waals surface area contributed by atoms with Crippen molar-refractivity contribution in [1.82, 2.24) is 14.5 Å². The molecule has 1 rings (SSSR count). The monoisotopic (exact) mass is 196 g/mol. The first-order valence-electron chi connectivity index (χ1n) is 4.96. The summed E-state index contributed by atoms with van der Waals surface area (Å²) in [5.74, 6) is 1.11. The first-order valence-corrected chi connectivity index (χ1v) is 4.96. The molecular formula is C10H20N4. The Balaban J connectivity index is 2.30. The molecule has 0 aliphatic carbocycles. The molecule has 1 atom stereocenters. The number of aromatic nitrogens is 2. The quantitative estimate of drug-likeness (QED) is 0.734. The van der Waals surface area contributed by atoms with E-state index in [0.29, 0.717) is 0 Å². The summed E-state index contributed by atoms with van der Waals surface area (Å²) in [6, 6.07) is 0.238. The highest BCUT2D eigenvalue weighted by atomic mass is 15.1. The lowest BCUT2D eigenvalue weighted by atomic mass is 10.1. The number of nitrogens with two attached hydrogens (primary N) is 1. The Hall–Kier alpha value is -0.870. The molecule has 0 aromatic carbocycles. The van der Waals surface area contributed by atoms with Gasteiger partial charge in [0.05, 0.1) is 0 Å². The predicted molar refractivity (Wildman–Crippen MR) is 58.1 cm³/mol. The van der Waals surface area contributed by atoms with Crippen LogP contribution in [-0.4, -0.2) is 41.1 Å². The van der Waals surface area contributed by atoms with Crippen LogP contribution in [-0.2, 0) is 13.5 Å². The van der Waals surface area contributed by atoms with E-state index in [1.807, 2.05) is 38.1 Å². The van der Waals surface area contributed by atoms with Gasteiger partial charge in [-0.25, -0.2) is 4.98 Å². The van der Waals surface area contributed by atoms with E-state index in [2.05, 4.69) is 9.88 Å². The van der Waals surface area contributed by atoms with Gasteiger partial charge in [-0.3, -0.25) is 0 Å². The van der Waals surface area contributed by atoms with Crippen LogP contribution in [0.1, 0.15) is 12.2 Å². The second-order valence-electron chi connectivity index (χ2n) is 4.02. The van der Waals surface area contributed by atoms with Gasteiger partial charge in [0.25, 0.3) is 0 Å². The van der Waals surface area contributed by atoms with Gasteiger partial charge in [0.15, 0.2) is 0 Å². The maximum Gasteiger partial charge on any atom is 0.108 e. The molecular weight excluding hydrogens is 176 g/mol. The van der Waals surface area contributed by atoms with Crippen molar-refractivity contribution in [2.24, 2.45) is 12.8 Å². The lowest BCUT2D eigenvalue weighted by molar-refractivity contribution is 0.362. The summed E-state index contributed by atoms with van der Waals surface area (Å²) in [6.07, 6.45) is 5.74. The highest BCUT2D eigenvalue weighted by molar-refractivity contribution is 4.91. The minimum Gasteiger partial charge on any atom is -0.338 e. The van der Waals surface area contributed by atoms with Gasteiger partial charge in [-0.2, -0.15) is 0 Å². The van der Waals surface area contributed by atoms with Crippen LogP contribution in [0.2, 0.25) is 0 Å². The van der Waals surface area contributed by atoms with Gasteiger partial charge in [0.1, 0.15) is 5.82 Å². The molecule has 0 aliphatic rings. The summed E-state index contributed by atoms with van der Waals surface area (Å²) < 4.78 is 2.04. The average molecular weight is 196 g/mol. The summed E-state index contributed by atoms with van der Waals surface area (Å²) in [7, 11) is 6.10. The fourth-order valence-electron chi connectivity index (χ4n) is 1.51. The second-order valence-corrected chi connectivity index (χ2v) is 4.02. The van der Waals surface area contributed by atoms with Crippen molar-refractivity contribution in [2.45, 2.75) is 18.9 Å². The Morgan fingerprint density at radius 2 is 2.29 bits per heavy atom. The molecule has 0 fully saturated rings. The fraction of sp³-hybridized carbons (Fsp3) is 0.700. The number of hydrogen-bond donors (Lipinski definition) is 1. The molecule has 0 radical (unpaired) electrons. The van der Waals surface area contributed by atoms with Crippen LogP contribution in [0.5, 0.6) is 0 Å². The maximum absolute atomic E-state index is 5.96. The number of likely N-dealkylation sites (N-methyl/N-ethyl adjacent to an activating group) is 1. The highest BCUT2D eigenvalue weighted by Crippen LogP contribution is 2.01. The molecule has 4 heteroatoms. The Labute approximate surface area is 85.7 Å². The van der Waals surface area contributed by atoms with Crippen LogP contribution in [0.4, 0.5) is 0 Å². The van der Waals surface area contributed by atoms with E-state index >= 15 is 0 Å².